The molecular formula is C24H32N2O4. The van der Waals surface area contributed by atoms with Gasteiger partial charge in [-0.1, -0.05) is 24.3 Å². The lowest BCUT2D eigenvalue weighted by atomic mass is 10.1. The van der Waals surface area contributed by atoms with Crippen molar-refractivity contribution in [3.63, 3.8) is 0 Å². The zero-order chi connectivity index (χ0) is 21.6. The second kappa shape index (κ2) is 13.5. The van der Waals surface area contributed by atoms with E-state index in [-0.39, 0.29) is 11.8 Å². The predicted molar refractivity (Wildman–Crippen MR) is 119 cm³/mol. The summed E-state index contributed by atoms with van der Waals surface area (Å²) in [6, 6.07) is 15.3. The normalized spacial score (nSPS) is 10.6. The molecule has 6 nitrogen and oxygen atoms in total. The Balaban J connectivity index is 1.61. The maximum atomic E-state index is 12.1. The average Bonchev–Trinajstić information content (AvgIpc) is 2.76. The van der Waals surface area contributed by atoms with Gasteiger partial charge in [0.1, 0.15) is 0 Å². The van der Waals surface area contributed by atoms with Gasteiger partial charge in [-0.15, -0.1) is 0 Å². The maximum Gasteiger partial charge on any atom is 0.224 e. The molecule has 0 fully saturated rings. The second-order valence-electron chi connectivity index (χ2n) is 6.97. The van der Waals surface area contributed by atoms with Crippen LogP contribution in [0.15, 0.2) is 48.5 Å². The van der Waals surface area contributed by atoms with Gasteiger partial charge in [0, 0.05) is 37.4 Å². The number of nitrogens with one attached hydrogen (secondary N) is 2. The minimum Gasteiger partial charge on any atom is -0.377 e. The van der Waals surface area contributed by atoms with Crippen LogP contribution in [0.25, 0.3) is 0 Å². The van der Waals surface area contributed by atoms with Crippen LogP contribution < -0.4 is 10.6 Å². The fraction of sp³-hybridized carbons (Fsp3) is 0.417. The van der Waals surface area contributed by atoms with Crippen LogP contribution in [0.3, 0.4) is 0 Å². The minimum absolute atomic E-state index is 0.0437. The molecule has 0 aliphatic heterocycles. The quantitative estimate of drug-likeness (QED) is 0.459. The van der Waals surface area contributed by atoms with Crippen LogP contribution in [0.5, 0.6) is 0 Å². The summed E-state index contributed by atoms with van der Waals surface area (Å²) in [6.45, 7) is 6.42. The van der Waals surface area contributed by atoms with Crippen molar-refractivity contribution in [1.82, 2.24) is 0 Å². The summed E-state index contributed by atoms with van der Waals surface area (Å²) >= 11 is 0. The fourth-order valence-electron chi connectivity index (χ4n) is 2.83. The molecule has 0 saturated carbocycles. The van der Waals surface area contributed by atoms with E-state index in [1.54, 1.807) is 0 Å². The lowest BCUT2D eigenvalue weighted by molar-refractivity contribution is -0.118. The topological polar surface area (TPSA) is 76.7 Å². The smallest absolute Gasteiger partial charge is 0.224 e. The molecule has 0 heterocycles. The molecule has 0 bridgehead atoms. The Labute approximate surface area is 179 Å². The third-order valence-electron chi connectivity index (χ3n) is 4.48. The number of ether oxygens (including phenoxy) is 2. The number of unbranched alkanes of at least 4 members (excludes halogenated alkanes) is 1. The third kappa shape index (κ3) is 9.20. The minimum atomic E-state index is -0.0437. The molecule has 2 aromatic rings. The van der Waals surface area contributed by atoms with E-state index in [0.29, 0.717) is 52.1 Å². The van der Waals surface area contributed by atoms with Gasteiger partial charge in [-0.2, -0.15) is 0 Å². The molecule has 2 N–H and O–H groups in total. The van der Waals surface area contributed by atoms with E-state index in [2.05, 4.69) is 10.6 Å². The third-order valence-corrected chi connectivity index (χ3v) is 4.48. The molecule has 2 aromatic carbocycles. The van der Waals surface area contributed by atoms with Crippen molar-refractivity contribution in [2.45, 2.75) is 52.7 Å². The second-order valence-corrected chi connectivity index (χ2v) is 6.97. The number of hydrogen-bond acceptors (Lipinski definition) is 4. The first-order valence-electron chi connectivity index (χ1n) is 10.5. The lowest BCUT2D eigenvalue weighted by Crippen LogP contribution is -2.13. The summed E-state index contributed by atoms with van der Waals surface area (Å²) in [5.74, 6) is -0.0873. The molecule has 162 valence electrons. The zero-order valence-electron chi connectivity index (χ0n) is 17.9. The summed E-state index contributed by atoms with van der Waals surface area (Å²) in [5, 5.41) is 5.76. The van der Waals surface area contributed by atoms with Gasteiger partial charge in [0.2, 0.25) is 11.8 Å². The standard InChI is InChI=1S/C24H32N2O4/c1-3-29-17-19-9-13-21(14-10-19)25-23(27)7-5-6-8-24(28)26-22-15-11-20(12-16-22)18-30-4-2/h9-16H,3-8,17-18H2,1-2H3,(H,25,27)(H,26,28). The largest absolute Gasteiger partial charge is 0.377 e. The van der Waals surface area contributed by atoms with Gasteiger partial charge in [0.25, 0.3) is 0 Å². The first kappa shape index (κ1) is 23.6. The molecule has 0 saturated heterocycles. The van der Waals surface area contributed by atoms with Crippen LogP contribution >= 0.6 is 0 Å². The highest BCUT2D eigenvalue weighted by Gasteiger charge is 2.06. The van der Waals surface area contributed by atoms with Gasteiger partial charge in [0.05, 0.1) is 13.2 Å². The summed E-state index contributed by atoms with van der Waals surface area (Å²) in [7, 11) is 0. The fourth-order valence-corrected chi connectivity index (χ4v) is 2.83. The highest BCUT2D eigenvalue weighted by molar-refractivity contribution is 5.91. The van der Waals surface area contributed by atoms with Gasteiger partial charge in [-0.25, -0.2) is 0 Å². The van der Waals surface area contributed by atoms with Gasteiger partial charge >= 0.3 is 0 Å². The van der Waals surface area contributed by atoms with Crippen molar-refractivity contribution in [2.75, 3.05) is 23.8 Å². The Morgan fingerprint density at radius 2 is 1.03 bits per heavy atom. The SMILES string of the molecule is CCOCc1ccc(NC(=O)CCCCC(=O)Nc2ccc(COCC)cc2)cc1. The van der Waals surface area contributed by atoms with Crippen molar-refractivity contribution in [3.8, 4) is 0 Å². The highest BCUT2D eigenvalue weighted by atomic mass is 16.5. The number of anilines is 2. The van der Waals surface area contributed by atoms with Crippen LogP contribution in [-0.4, -0.2) is 25.0 Å². The molecule has 0 aliphatic rings. The molecule has 0 atom stereocenters. The molecule has 30 heavy (non-hydrogen) atoms. The Morgan fingerprint density at radius 1 is 0.667 bits per heavy atom. The van der Waals surface area contributed by atoms with Crippen LogP contribution in [0.2, 0.25) is 0 Å². The Hall–Kier alpha value is -2.70. The van der Waals surface area contributed by atoms with E-state index in [9.17, 15) is 9.59 Å². The van der Waals surface area contributed by atoms with Crippen molar-refractivity contribution in [3.05, 3.63) is 59.7 Å². The number of amides is 2. The number of hydrogen-bond donors (Lipinski definition) is 2. The van der Waals surface area contributed by atoms with E-state index < -0.39 is 0 Å². The molecule has 0 aliphatic carbocycles. The average molecular weight is 413 g/mol. The van der Waals surface area contributed by atoms with E-state index in [0.717, 1.165) is 22.5 Å². The summed E-state index contributed by atoms with van der Waals surface area (Å²) in [5.41, 5.74) is 3.69. The first-order chi connectivity index (χ1) is 14.6. The van der Waals surface area contributed by atoms with Crippen LogP contribution in [0.1, 0.15) is 50.7 Å². The number of rotatable bonds is 13. The Bertz CT molecular complexity index is 705. The van der Waals surface area contributed by atoms with Crippen molar-refractivity contribution in [2.24, 2.45) is 0 Å². The van der Waals surface area contributed by atoms with E-state index in [4.69, 9.17) is 9.47 Å². The van der Waals surface area contributed by atoms with Crippen LogP contribution in [-0.2, 0) is 32.3 Å². The van der Waals surface area contributed by atoms with Gasteiger partial charge in [0.15, 0.2) is 0 Å². The molecule has 0 unspecified atom stereocenters. The van der Waals surface area contributed by atoms with Gasteiger partial charge in [-0.3, -0.25) is 9.59 Å². The van der Waals surface area contributed by atoms with Crippen molar-refractivity contribution >= 4 is 23.2 Å². The highest BCUT2D eigenvalue weighted by Crippen LogP contribution is 2.13. The van der Waals surface area contributed by atoms with Gasteiger partial charge < -0.3 is 20.1 Å². The molecule has 6 heteroatoms. The molecule has 2 rings (SSSR count). The molecular weight excluding hydrogens is 380 g/mol. The van der Waals surface area contributed by atoms with Crippen molar-refractivity contribution in [1.29, 1.82) is 0 Å². The summed E-state index contributed by atoms with van der Waals surface area (Å²) < 4.78 is 10.7. The summed E-state index contributed by atoms with van der Waals surface area (Å²) in [4.78, 5) is 24.1. The first-order valence-corrected chi connectivity index (χ1v) is 10.5. The molecule has 0 aromatic heterocycles. The number of carbonyl (C=O) groups is 2. The Morgan fingerprint density at radius 3 is 1.37 bits per heavy atom. The van der Waals surface area contributed by atoms with E-state index in [1.807, 2.05) is 62.4 Å². The number of benzene rings is 2. The maximum absolute atomic E-state index is 12.1. The monoisotopic (exact) mass is 412 g/mol. The Kier molecular flexibility index (Phi) is 10.6. The zero-order valence-corrected chi connectivity index (χ0v) is 17.9. The van der Waals surface area contributed by atoms with E-state index >= 15 is 0 Å². The number of carbonyl (C=O) groups excluding carboxylic acids is 2. The molecule has 0 spiro atoms. The molecule has 2 amide bonds. The molecule has 0 radical (unpaired) electrons. The van der Waals surface area contributed by atoms with Crippen molar-refractivity contribution < 1.29 is 19.1 Å². The lowest BCUT2D eigenvalue weighted by Gasteiger charge is -2.08. The van der Waals surface area contributed by atoms with Crippen LogP contribution in [0, 0.1) is 0 Å². The van der Waals surface area contributed by atoms with Gasteiger partial charge in [-0.05, 0) is 62.1 Å². The summed E-state index contributed by atoms with van der Waals surface area (Å²) in [6.07, 6.45) is 2.10. The van der Waals surface area contributed by atoms with Crippen LogP contribution in [0.4, 0.5) is 11.4 Å². The van der Waals surface area contributed by atoms with E-state index in [1.165, 1.54) is 0 Å². The predicted octanol–water partition coefficient (Wildman–Crippen LogP) is 4.90.